The molecule has 1 aromatic carbocycles. The van der Waals surface area contributed by atoms with E-state index in [1.54, 1.807) is 19.1 Å². The number of carbonyl (C=O) groups is 2. The highest BCUT2D eigenvalue weighted by Gasteiger charge is 2.53. The molecule has 0 aliphatic heterocycles. The molecule has 0 amide bonds. The zero-order valence-corrected chi connectivity index (χ0v) is 9.83. The minimum atomic E-state index is -0.705. The fourth-order valence-corrected chi connectivity index (χ4v) is 2.13. The topological polar surface area (TPSA) is 34.1 Å². The van der Waals surface area contributed by atoms with Crippen LogP contribution in [0, 0.1) is 11.2 Å². The summed E-state index contributed by atoms with van der Waals surface area (Å²) in [6.45, 7) is 1.79. The van der Waals surface area contributed by atoms with Crippen LogP contribution >= 0.6 is 0 Å². The predicted molar refractivity (Wildman–Crippen MR) is 62.1 cm³/mol. The monoisotopic (exact) mass is 234 g/mol. The van der Waals surface area contributed by atoms with Gasteiger partial charge in [-0.05, 0) is 30.5 Å². The number of rotatable bonds is 5. The third-order valence-electron chi connectivity index (χ3n) is 3.42. The van der Waals surface area contributed by atoms with Gasteiger partial charge in [0.1, 0.15) is 11.6 Å². The highest BCUT2D eigenvalue weighted by Crippen LogP contribution is 2.48. The van der Waals surface area contributed by atoms with Crippen molar-refractivity contribution in [3.63, 3.8) is 0 Å². The summed E-state index contributed by atoms with van der Waals surface area (Å²) in [5.41, 5.74) is 0.0648. The number of halogens is 1. The van der Waals surface area contributed by atoms with Crippen LogP contribution in [0.15, 0.2) is 24.3 Å². The quantitative estimate of drug-likeness (QED) is 0.734. The molecular formula is C14H15FO2. The number of carbonyl (C=O) groups excluding carboxylic acids is 2. The number of hydrogen-bond acceptors (Lipinski definition) is 2. The molecule has 0 spiro atoms. The standard InChI is InChI=1S/C14H15FO2/c1-2-12(16)14(7-8-14)13(17)9-10-3-5-11(15)6-4-10/h3-6H,2,7-9H2,1H3. The Balaban J connectivity index is 2.07. The van der Waals surface area contributed by atoms with Crippen molar-refractivity contribution in [2.24, 2.45) is 5.41 Å². The second kappa shape index (κ2) is 4.40. The number of Topliss-reactive ketones (excluding diaryl/α,β-unsaturated/α-hetero) is 2. The zero-order valence-electron chi connectivity index (χ0n) is 9.83. The first kappa shape index (κ1) is 12.0. The highest BCUT2D eigenvalue weighted by molar-refractivity contribution is 6.10. The average Bonchev–Trinajstić information content (AvgIpc) is 3.12. The Kier molecular flexibility index (Phi) is 3.09. The van der Waals surface area contributed by atoms with E-state index in [0.717, 1.165) is 5.56 Å². The van der Waals surface area contributed by atoms with Gasteiger partial charge in [-0.1, -0.05) is 19.1 Å². The summed E-state index contributed by atoms with van der Waals surface area (Å²) in [5.74, 6) is -0.285. The van der Waals surface area contributed by atoms with Gasteiger partial charge in [-0.25, -0.2) is 4.39 Å². The van der Waals surface area contributed by atoms with E-state index in [1.807, 2.05) is 0 Å². The van der Waals surface area contributed by atoms with Crippen LogP contribution in [0.1, 0.15) is 31.7 Å². The summed E-state index contributed by atoms with van der Waals surface area (Å²) in [5, 5.41) is 0. The molecule has 0 atom stereocenters. The van der Waals surface area contributed by atoms with Crippen LogP contribution in [0.2, 0.25) is 0 Å². The van der Waals surface area contributed by atoms with Gasteiger partial charge in [0.2, 0.25) is 0 Å². The van der Waals surface area contributed by atoms with Crippen LogP contribution in [0.4, 0.5) is 4.39 Å². The number of benzene rings is 1. The second-order valence-electron chi connectivity index (χ2n) is 4.59. The molecule has 1 fully saturated rings. The molecule has 3 heteroatoms. The second-order valence-corrected chi connectivity index (χ2v) is 4.59. The molecule has 0 heterocycles. The summed E-state index contributed by atoms with van der Waals surface area (Å²) < 4.78 is 12.7. The molecule has 0 aromatic heterocycles. The Morgan fingerprint density at radius 3 is 2.24 bits per heavy atom. The van der Waals surface area contributed by atoms with E-state index in [1.165, 1.54) is 12.1 Å². The summed E-state index contributed by atoms with van der Waals surface area (Å²) >= 11 is 0. The molecule has 1 saturated carbocycles. The van der Waals surface area contributed by atoms with Crippen LogP contribution in [0.3, 0.4) is 0 Å². The first-order valence-corrected chi connectivity index (χ1v) is 5.89. The summed E-state index contributed by atoms with van der Waals surface area (Å²) in [6, 6.07) is 5.87. The van der Waals surface area contributed by atoms with Gasteiger partial charge in [-0.15, -0.1) is 0 Å². The van der Waals surface area contributed by atoms with E-state index in [2.05, 4.69) is 0 Å². The van der Waals surface area contributed by atoms with Crippen molar-refractivity contribution < 1.29 is 14.0 Å². The van der Waals surface area contributed by atoms with Crippen molar-refractivity contribution in [1.29, 1.82) is 0 Å². The highest BCUT2D eigenvalue weighted by atomic mass is 19.1. The van der Waals surface area contributed by atoms with Gasteiger partial charge in [0.25, 0.3) is 0 Å². The Hall–Kier alpha value is -1.51. The number of hydrogen-bond donors (Lipinski definition) is 0. The van der Waals surface area contributed by atoms with Crippen molar-refractivity contribution in [3.05, 3.63) is 35.6 Å². The minimum Gasteiger partial charge on any atom is -0.299 e. The number of ketones is 2. The Morgan fingerprint density at radius 1 is 1.18 bits per heavy atom. The van der Waals surface area contributed by atoms with Gasteiger partial charge >= 0.3 is 0 Å². The Labute approximate surface area is 99.8 Å². The molecule has 1 aliphatic carbocycles. The van der Waals surface area contributed by atoms with Crippen molar-refractivity contribution in [1.82, 2.24) is 0 Å². The van der Waals surface area contributed by atoms with Crippen LogP contribution in [-0.2, 0) is 16.0 Å². The van der Waals surface area contributed by atoms with Gasteiger partial charge in [0.05, 0.1) is 5.41 Å². The van der Waals surface area contributed by atoms with Crippen LogP contribution in [0.5, 0.6) is 0 Å². The van der Waals surface area contributed by atoms with Crippen molar-refractivity contribution in [2.75, 3.05) is 0 Å². The smallest absolute Gasteiger partial charge is 0.150 e. The molecule has 0 saturated heterocycles. The summed E-state index contributed by atoms with van der Waals surface area (Å²) in [4.78, 5) is 23.8. The van der Waals surface area contributed by atoms with Crippen LogP contribution in [0.25, 0.3) is 0 Å². The van der Waals surface area contributed by atoms with Gasteiger partial charge in [0, 0.05) is 12.8 Å². The molecule has 0 unspecified atom stereocenters. The molecule has 2 rings (SSSR count). The maximum atomic E-state index is 12.7. The van der Waals surface area contributed by atoms with E-state index in [-0.39, 0.29) is 23.8 Å². The Bertz CT molecular complexity index is 444. The molecule has 1 aliphatic rings. The molecule has 90 valence electrons. The fourth-order valence-electron chi connectivity index (χ4n) is 2.13. The van der Waals surface area contributed by atoms with Crippen molar-refractivity contribution >= 4 is 11.6 Å². The molecule has 0 bridgehead atoms. The lowest BCUT2D eigenvalue weighted by atomic mass is 9.90. The van der Waals surface area contributed by atoms with Crippen molar-refractivity contribution in [3.8, 4) is 0 Å². The lowest BCUT2D eigenvalue weighted by Gasteiger charge is -2.11. The molecule has 2 nitrogen and oxygen atoms in total. The van der Waals surface area contributed by atoms with Gasteiger partial charge in [0.15, 0.2) is 5.78 Å². The first-order chi connectivity index (χ1) is 8.08. The molecule has 0 radical (unpaired) electrons. The third kappa shape index (κ3) is 2.28. The largest absolute Gasteiger partial charge is 0.299 e. The van der Waals surface area contributed by atoms with Crippen LogP contribution < -0.4 is 0 Å². The fraction of sp³-hybridized carbons (Fsp3) is 0.429. The van der Waals surface area contributed by atoms with Crippen molar-refractivity contribution in [2.45, 2.75) is 32.6 Å². The summed E-state index contributed by atoms with van der Waals surface area (Å²) in [6.07, 6.45) is 2.00. The zero-order chi connectivity index (χ0) is 12.5. The molecule has 17 heavy (non-hydrogen) atoms. The lowest BCUT2D eigenvalue weighted by Crippen LogP contribution is -2.26. The van der Waals surface area contributed by atoms with E-state index in [4.69, 9.17) is 0 Å². The molecule has 0 N–H and O–H groups in total. The summed E-state index contributed by atoms with van der Waals surface area (Å²) in [7, 11) is 0. The maximum absolute atomic E-state index is 12.7. The average molecular weight is 234 g/mol. The molecular weight excluding hydrogens is 219 g/mol. The lowest BCUT2D eigenvalue weighted by molar-refractivity contribution is -0.134. The third-order valence-corrected chi connectivity index (χ3v) is 3.42. The molecule has 1 aromatic rings. The minimum absolute atomic E-state index is 0.0176. The van der Waals surface area contributed by atoms with E-state index < -0.39 is 5.41 Å². The maximum Gasteiger partial charge on any atom is 0.150 e. The van der Waals surface area contributed by atoms with E-state index >= 15 is 0 Å². The van der Waals surface area contributed by atoms with E-state index in [0.29, 0.717) is 19.3 Å². The van der Waals surface area contributed by atoms with Crippen LogP contribution in [-0.4, -0.2) is 11.6 Å². The first-order valence-electron chi connectivity index (χ1n) is 5.89. The van der Waals surface area contributed by atoms with Gasteiger partial charge in [-0.2, -0.15) is 0 Å². The SMILES string of the molecule is CCC(=O)C1(C(=O)Cc2ccc(F)cc2)CC1. The van der Waals surface area contributed by atoms with Gasteiger partial charge in [-0.3, -0.25) is 9.59 Å². The normalized spacial score (nSPS) is 16.6. The van der Waals surface area contributed by atoms with Gasteiger partial charge < -0.3 is 0 Å². The van der Waals surface area contributed by atoms with E-state index in [9.17, 15) is 14.0 Å². The predicted octanol–water partition coefficient (Wildman–Crippen LogP) is 2.70. The Morgan fingerprint density at radius 2 is 1.76 bits per heavy atom.